The van der Waals surface area contributed by atoms with Gasteiger partial charge in [0.15, 0.2) is 0 Å². The van der Waals surface area contributed by atoms with Crippen LogP contribution < -0.4 is 4.74 Å². The van der Waals surface area contributed by atoms with Gasteiger partial charge in [0.1, 0.15) is 11.5 Å². The van der Waals surface area contributed by atoms with Crippen molar-refractivity contribution in [3.05, 3.63) is 23.8 Å². The Hall–Kier alpha value is -1.30. The Morgan fingerprint density at radius 1 is 1.18 bits per heavy atom. The van der Waals surface area contributed by atoms with Crippen molar-refractivity contribution in [1.82, 2.24) is 9.80 Å². The predicted molar refractivity (Wildman–Crippen MR) is 85.2 cm³/mol. The Morgan fingerprint density at radius 2 is 1.95 bits per heavy atom. The molecule has 1 heterocycles. The molecule has 22 heavy (non-hydrogen) atoms. The fourth-order valence-electron chi connectivity index (χ4n) is 3.73. The summed E-state index contributed by atoms with van der Waals surface area (Å²) in [6, 6.07) is 5.75. The number of hydrogen-bond donors (Lipinski definition) is 2. The molecule has 2 fully saturated rings. The van der Waals surface area contributed by atoms with Crippen molar-refractivity contribution >= 4 is 0 Å². The van der Waals surface area contributed by atoms with E-state index in [0.717, 1.165) is 56.8 Å². The van der Waals surface area contributed by atoms with Crippen LogP contribution in [0.1, 0.15) is 24.8 Å². The van der Waals surface area contributed by atoms with Crippen LogP contribution in [0.5, 0.6) is 11.5 Å². The average molecular weight is 306 g/mol. The lowest BCUT2D eigenvalue weighted by molar-refractivity contribution is 0.0333. The maximum absolute atomic E-state index is 10.1. The summed E-state index contributed by atoms with van der Waals surface area (Å²) < 4.78 is 5.35. The van der Waals surface area contributed by atoms with Crippen molar-refractivity contribution in [2.45, 2.75) is 38.0 Å². The van der Waals surface area contributed by atoms with Crippen LogP contribution in [0, 0.1) is 0 Å². The topological polar surface area (TPSA) is 56.2 Å². The molecular weight excluding hydrogens is 280 g/mol. The molecule has 0 radical (unpaired) electrons. The molecule has 1 aliphatic carbocycles. The Kier molecular flexibility index (Phi) is 4.86. The normalized spacial score (nSPS) is 27.2. The van der Waals surface area contributed by atoms with Crippen LogP contribution in [-0.4, -0.2) is 65.4 Å². The van der Waals surface area contributed by atoms with Gasteiger partial charge >= 0.3 is 0 Å². The molecule has 2 unspecified atom stereocenters. The van der Waals surface area contributed by atoms with E-state index in [1.165, 1.54) is 0 Å². The maximum Gasteiger partial charge on any atom is 0.127 e. The number of piperazine rings is 1. The second-order valence-electron chi connectivity index (χ2n) is 6.34. The van der Waals surface area contributed by atoms with Crippen LogP contribution in [0.25, 0.3) is 0 Å². The van der Waals surface area contributed by atoms with Gasteiger partial charge in [-0.1, -0.05) is 6.07 Å². The molecule has 1 aliphatic heterocycles. The van der Waals surface area contributed by atoms with E-state index in [9.17, 15) is 10.2 Å². The first kappa shape index (κ1) is 15.6. The molecular formula is C17H26N2O3. The van der Waals surface area contributed by atoms with Crippen molar-refractivity contribution in [3.8, 4) is 11.5 Å². The predicted octanol–water partition coefficient (Wildman–Crippen LogP) is 1.43. The number of aromatic hydroxyl groups is 1. The molecule has 1 saturated carbocycles. The van der Waals surface area contributed by atoms with Gasteiger partial charge in [0.2, 0.25) is 0 Å². The van der Waals surface area contributed by atoms with E-state index in [2.05, 4.69) is 9.80 Å². The van der Waals surface area contributed by atoms with Gasteiger partial charge in [-0.3, -0.25) is 9.80 Å². The van der Waals surface area contributed by atoms with E-state index in [1.54, 1.807) is 19.2 Å². The number of methoxy groups -OCH3 is 1. The Morgan fingerprint density at radius 3 is 2.59 bits per heavy atom. The van der Waals surface area contributed by atoms with Gasteiger partial charge in [0, 0.05) is 44.3 Å². The minimum absolute atomic E-state index is 0.148. The van der Waals surface area contributed by atoms with E-state index in [-0.39, 0.29) is 6.10 Å². The second-order valence-corrected chi connectivity index (χ2v) is 6.34. The monoisotopic (exact) mass is 306 g/mol. The SMILES string of the molecule is COc1cccc(O)c1CN1CCN(C2CCCC2O)CC1. The fraction of sp³-hybridized carbons (Fsp3) is 0.647. The lowest BCUT2D eigenvalue weighted by atomic mass is 10.1. The van der Waals surface area contributed by atoms with Crippen LogP contribution in [-0.2, 0) is 6.54 Å². The molecule has 122 valence electrons. The number of rotatable bonds is 4. The summed E-state index contributed by atoms with van der Waals surface area (Å²) in [6.07, 6.45) is 3.06. The summed E-state index contributed by atoms with van der Waals surface area (Å²) >= 11 is 0. The molecule has 0 aromatic heterocycles. The van der Waals surface area contributed by atoms with Crippen molar-refractivity contribution < 1.29 is 14.9 Å². The van der Waals surface area contributed by atoms with Crippen molar-refractivity contribution in [2.24, 2.45) is 0 Å². The first-order valence-corrected chi connectivity index (χ1v) is 8.18. The highest BCUT2D eigenvalue weighted by molar-refractivity contribution is 5.43. The molecule has 0 amide bonds. The van der Waals surface area contributed by atoms with Gasteiger partial charge in [0.25, 0.3) is 0 Å². The molecule has 1 aromatic rings. The summed E-state index contributed by atoms with van der Waals surface area (Å²) in [4.78, 5) is 4.77. The molecule has 0 spiro atoms. The number of aliphatic hydroxyl groups is 1. The number of nitrogens with zero attached hydrogens (tertiary/aromatic N) is 2. The van der Waals surface area contributed by atoms with Crippen molar-refractivity contribution in [1.29, 1.82) is 0 Å². The van der Waals surface area contributed by atoms with Crippen LogP contribution in [0.15, 0.2) is 18.2 Å². The highest BCUT2D eigenvalue weighted by Gasteiger charge is 2.32. The zero-order chi connectivity index (χ0) is 15.5. The average Bonchev–Trinajstić information content (AvgIpc) is 2.96. The quantitative estimate of drug-likeness (QED) is 0.881. The Bertz CT molecular complexity index is 501. The van der Waals surface area contributed by atoms with Gasteiger partial charge in [0.05, 0.1) is 13.2 Å². The lowest BCUT2D eigenvalue weighted by Gasteiger charge is -2.39. The van der Waals surface area contributed by atoms with E-state index in [4.69, 9.17) is 4.74 Å². The lowest BCUT2D eigenvalue weighted by Crippen LogP contribution is -2.51. The fourth-order valence-corrected chi connectivity index (χ4v) is 3.73. The Balaban J connectivity index is 1.58. The number of benzene rings is 1. The van der Waals surface area contributed by atoms with Gasteiger partial charge in [-0.05, 0) is 31.4 Å². The number of hydrogen-bond acceptors (Lipinski definition) is 5. The van der Waals surface area contributed by atoms with E-state index < -0.39 is 0 Å². The zero-order valence-electron chi connectivity index (χ0n) is 13.2. The second kappa shape index (κ2) is 6.86. The molecule has 3 rings (SSSR count). The molecule has 1 aromatic carbocycles. The van der Waals surface area contributed by atoms with Crippen LogP contribution in [0.2, 0.25) is 0 Å². The first-order chi connectivity index (χ1) is 10.7. The number of ether oxygens (including phenoxy) is 1. The van der Waals surface area contributed by atoms with E-state index >= 15 is 0 Å². The molecule has 2 atom stereocenters. The molecule has 2 aliphatic rings. The Labute approximate surface area is 132 Å². The number of aliphatic hydroxyl groups excluding tert-OH is 1. The standard InChI is InChI=1S/C17H26N2O3/c1-22-17-7-3-5-15(20)13(17)12-18-8-10-19(11-9-18)14-4-2-6-16(14)21/h3,5,7,14,16,20-21H,2,4,6,8-12H2,1H3. The molecule has 0 bridgehead atoms. The van der Waals surface area contributed by atoms with Crippen LogP contribution in [0.4, 0.5) is 0 Å². The molecule has 5 heteroatoms. The van der Waals surface area contributed by atoms with Gasteiger partial charge in [-0.25, -0.2) is 0 Å². The summed E-state index contributed by atoms with van der Waals surface area (Å²) in [5.74, 6) is 1.04. The van der Waals surface area contributed by atoms with E-state index in [0.29, 0.717) is 18.3 Å². The summed E-state index contributed by atoms with van der Waals surface area (Å²) in [5, 5.41) is 20.1. The van der Waals surface area contributed by atoms with E-state index in [1.807, 2.05) is 6.07 Å². The first-order valence-electron chi connectivity index (χ1n) is 8.18. The largest absolute Gasteiger partial charge is 0.507 e. The number of phenols is 1. The summed E-state index contributed by atoms with van der Waals surface area (Å²) in [7, 11) is 1.64. The summed E-state index contributed by atoms with van der Waals surface area (Å²) in [6.45, 7) is 4.59. The number of phenolic OH excluding ortho intramolecular Hbond substituents is 1. The van der Waals surface area contributed by atoms with Gasteiger partial charge in [-0.2, -0.15) is 0 Å². The third kappa shape index (κ3) is 3.21. The third-order valence-corrected chi connectivity index (χ3v) is 5.03. The van der Waals surface area contributed by atoms with Crippen LogP contribution in [0.3, 0.4) is 0 Å². The smallest absolute Gasteiger partial charge is 0.127 e. The highest BCUT2D eigenvalue weighted by Crippen LogP contribution is 2.30. The van der Waals surface area contributed by atoms with Gasteiger partial charge < -0.3 is 14.9 Å². The van der Waals surface area contributed by atoms with Crippen molar-refractivity contribution in [3.63, 3.8) is 0 Å². The maximum atomic E-state index is 10.1. The van der Waals surface area contributed by atoms with Gasteiger partial charge in [-0.15, -0.1) is 0 Å². The minimum Gasteiger partial charge on any atom is -0.507 e. The minimum atomic E-state index is -0.148. The molecule has 1 saturated heterocycles. The highest BCUT2D eigenvalue weighted by atomic mass is 16.5. The molecule has 5 nitrogen and oxygen atoms in total. The van der Waals surface area contributed by atoms with Crippen molar-refractivity contribution in [2.75, 3.05) is 33.3 Å². The molecule has 2 N–H and O–H groups in total. The summed E-state index contributed by atoms with van der Waals surface area (Å²) in [5.41, 5.74) is 0.861. The third-order valence-electron chi connectivity index (χ3n) is 5.03. The van der Waals surface area contributed by atoms with Crippen LogP contribution >= 0.6 is 0 Å². The zero-order valence-corrected chi connectivity index (χ0v) is 13.2.